The van der Waals surface area contributed by atoms with Crippen LogP contribution in [-0.2, 0) is 19.6 Å². The molecule has 0 fully saturated rings. The van der Waals surface area contributed by atoms with Gasteiger partial charge in [-0.2, -0.15) is 10.5 Å². The molecule has 154 valence electrons. The highest BCUT2D eigenvalue weighted by molar-refractivity contribution is 5.86. The molecule has 0 aliphatic rings. The Labute approximate surface area is 178 Å². The van der Waals surface area contributed by atoms with Gasteiger partial charge in [0.15, 0.2) is 0 Å². The summed E-state index contributed by atoms with van der Waals surface area (Å²) < 4.78 is 15.3. The van der Waals surface area contributed by atoms with E-state index >= 15 is 0 Å². The fourth-order valence-corrected chi connectivity index (χ4v) is 3.15. The highest BCUT2D eigenvalue weighted by Gasteiger charge is 2.19. The second kappa shape index (κ2) is 9.29. The van der Waals surface area contributed by atoms with Crippen LogP contribution in [0.15, 0.2) is 75.1 Å². The van der Waals surface area contributed by atoms with E-state index in [-0.39, 0.29) is 0 Å². The zero-order chi connectivity index (χ0) is 21.5. The standard InChI is InChI=1S/C23H19N5O3/c24-8-19-7-21(26-10-16-1-4-29-13-16)23(28-12-18-3-6-31-15-18)20(9-25)22(19)27-11-17-2-5-30-14-17/h1-7,13-15,26-28H,10-12H2. The second-order valence-corrected chi connectivity index (χ2v) is 6.78. The van der Waals surface area contributed by atoms with Crippen molar-refractivity contribution in [3.8, 4) is 12.1 Å². The number of nitriles is 2. The molecule has 4 aromatic rings. The zero-order valence-corrected chi connectivity index (χ0v) is 16.5. The molecule has 8 heteroatoms. The number of furan rings is 3. The molecule has 3 aromatic heterocycles. The molecule has 3 heterocycles. The van der Waals surface area contributed by atoms with E-state index in [1.807, 2.05) is 18.2 Å². The zero-order valence-electron chi connectivity index (χ0n) is 16.5. The minimum Gasteiger partial charge on any atom is -0.472 e. The number of anilines is 3. The van der Waals surface area contributed by atoms with Gasteiger partial charge in [0.1, 0.15) is 17.7 Å². The second-order valence-electron chi connectivity index (χ2n) is 6.78. The molecular formula is C23H19N5O3. The van der Waals surface area contributed by atoms with Crippen LogP contribution in [0.1, 0.15) is 27.8 Å². The smallest absolute Gasteiger partial charge is 0.104 e. The molecule has 0 saturated heterocycles. The predicted octanol–water partition coefficient (Wildman–Crippen LogP) is 5.05. The summed E-state index contributed by atoms with van der Waals surface area (Å²) in [5, 5.41) is 29.6. The lowest BCUT2D eigenvalue weighted by Gasteiger charge is -2.19. The van der Waals surface area contributed by atoms with Crippen molar-refractivity contribution in [1.82, 2.24) is 0 Å². The van der Waals surface area contributed by atoms with Gasteiger partial charge in [0.05, 0.1) is 60.2 Å². The Bertz CT molecular complexity index is 1200. The minimum atomic E-state index is 0.348. The third-order valence-electron chi connectivity index (χ3n) is 4.72. The van der Waals surface area contributed by atoms with Crippen molar-refractivity contribution in [2.75, 3.05) is 16.0 Å². The molecule has 3 N–H and O–H groups in total. The molecule has 0 radical (unpaired) electrons. The minimum absolute atomic E-state index is 0.348. The maximum Gasteiger partial charge on any atom is 0.104 e. The third kappa shape index (κ3) is 4.55. The quantitative estimate of drug-likeness (QED) is 0.348. The Hall–Kier alpha value is -4.56. The van der Waals surface area contributed by atoms with Crippen LogP contribution in [0, 0.1) is 22.7 Å². The first kappa shape index (κ1) is 19.7. The maximum atomic E-state index is 9.99. The van der Waals surface area contributed by atoms with Crippen molar-refractivity contribution in [1.29, 1.82) is 10.5 Å². The summed E-state index contributed by atoms with van der Waals surface area (Å²) in [6.07, 6.45) is 9.66. The third-order valence-corrected chi connectivity index (χ3v) is 4.72. The number of hydrogen-bond donors (Lipinski definition) is 3. The van der Waals surface area contributed by atoms with Gasteiger partial charge in [-0.1, -0.05) is 0 Å². The molecule has 0 aliphatic carbocycles. The fourth-order valence-electron chi connectivity index (χ4n) is 3.15. The highest BCUT2D eigenvalue weighted by atomic mass is 16.3. The summed E-state index contributed by atoms with van der Waals surface area (Å²) in [5.41, 5.74) is 5.20. The molecule has 0 saturated carbocycles. The summed E-state index contributed by atoms with van der Waals surface area (Å²) in [7, 11) is 0. The molecule has 31 heavy (non-hydrogen) atoms. The van der Waals surface area contributed by atoms with Gasteiger partial charge in [-0.25, -0.2) is 0 Å². The monoisotopic (exact) mass is 413 g/mol. The summed E-state index contributed by atoms with van der Waals surface area (Å²) in [6, 6.07) is 11.7. The Morgan fingerprint density at radius 2 is 1.19 bits per heavy atom. The molecule has 0 unspecified atom stereocenters. The van der Waals surface area contributed by atoms with Gasteiger partial charge in [-0.05, 0) is 24.3 Å². The molecule has 0 amide bonds. The van der Waals surface area contributed by atoms with Crippen LogP contribution >= 0.6 is 0 Å². The van der Waals surface area contributed by atoms with Gasteiger partial charge in [-0.15, -0.1) is 0 Å². The van der Waals surface area contributed by atoms with Gasteiger partial charge in [-0.3, -0.25) is 0 Å². The van der Waals surface area contributed by atoms with E-state index in [1.54, 1.807) is 43.6 Å². The average molecular weight is 413 g/mol. The van der Waals surface area contributed by atoms with Crippen LogP contribution in [0.25, 0.3) is 0 Å². The average Bonchev–Trinajstić information content (AvgIpc) is 3.57. The van der Waals surface area contributed by atoms with E-state index in [2.05, 4.69) is 28.1 Å². The lowest BCUT2D eigenvalue weighted by atomic mass is 10.0. The van der Waals surface area contributed by atoms with Gasteiger partial charge in [0.2, 0.25) is 0 Å². The normalized spacial score (nSPS) is 10.3. The SMILES string of the molecule is N#Cc1cc(NCc2ccoc2)c(NCc2ccoc2)c(C#N)c1NCc1ccoc1. The number of benzene rings is 1. The lowest BCUT2D eigenvalue weighted by molar-refractivity contribution is 0.564. The molecule has 1 aromatic carbocycles. The van der Waals surface area contributed by atoms with E-state index in [0.717, 1.165) is 16.7 Å². The van der Waals surface area contributed by atoms with Gasteiger partial charge < -0.3 is 29.2 Å². The van der Waals surface area contributed by atoms with Gasteiger partial charge in [0, 0.05) is 36.3 Å². The topological polar surface area (TPSA) is 123 Å². The van der Waals surface area contributed by atoms with Crippen molar-refractivity contribution in [2.45, 2.75) is 19.6 Å². The lowest BCUT2D eigenvalue weighted by Crippen LogP contribution is -2.11. The summed E-state index contributed by atoms with van der Waals surface area (Å²) in [6.45, 7) is 1.36. The van der Waals surface area contributed by atoms with Crippen LogP contribution in [0.5, 0.6) is 0 Å². The molecule has 4 rings (SSSR count). The van der Waals surface area contributed by atoms with Gasteiger partial charge >= 0.3 is 0 Å². The van der Waals surface area contributed by atoms with Crippen molar-refractivity contribution < 1.29 is 13.3 Å². The van der Waals surface area contributed by atoms with E-state index in [4.69, 9.17) is 13.3 Å². The molecule has 0 spiro atoms. The van der Waals surface area contributed by atoms with Crippen molar-refractivity contribution in [3.05, 3.63) is 89.7 Å². The van der Waals surface area contributed by atoms with Crippen LogP contribution in [-0.4, -0.2) is 0 Å². The van der Waals surface area contributed by atoms with Crippen LogP contribution < -0.4 is 16.0 Å². The van der Waals surface area contributed by atoms with E-state index in [0.29, 0.717) is 47.8 Å². The van der Waals surface area contributed by atoms with E-state index in [1.165, 1.54) is 0 Å². The van der Waals surface area contributed by atoms with Crippen molar-refractivity contribution in [3.63, 3.8) is 0 Å². The first-order valence-electron chi connectivity index (χ1n) is 9.54. The number of nitrogens with zero attached hydrogens (tertiary/aromatic N) is 2. The Balaban J connectivity index is 1.69. The Kier molecular flexibility index (Phi) is 5.92. The van der Waals surface area contributed by atoms with E-state index in [9.17, 15) is 10.5 Å². The van der Waals surface area contributed by atoms with Crippen molar-refractivity contribution in [2.24, 2.45) is 0 Å². The summed E-state index contributed by atoms with van der Waals surface area (Å²) in [4.78, 5) is 0. The highest BCUT2D eigenvalue weighted by Crippen LogP contribution is 2.36. The first-order chi connectivity index (χ1) is 15.3. The molecule has 0 aliphatic heterocycles. The number of rotatable bonds is 9. The predicted molar refractivity (Wildman–Crippen MR) is 114 cm³/mol. The molecule has 0 bridgehead atoms. The molecule has 0 atom stereocenters. The Morgan fingerprint density at radius 1 is 0.677 bits per heavy atom. The Morgan fingerprint density at radius 3 is 1.65 bits per heavy atom. The number of hydrogen-bond acceptors (Lipinski definition) is 8. The van der Waals surface area contributed by atoms with Gasteiger partial charge in [0.25, 0.3) is 0 Å². The van der Waals surface area contributed by atoms with Crippen LogP contribution in [0.4, 0.5) is 17.1 Å². The van der Waals surface area contributed by atoms with Crippen LogP contribution in [0.2, 0.25) is 0 Å². The van der Waals surface area contributed by atoms with Crippen molar-refractivity contribution >= 4 is 17.1 Å². The van der Waals surface area contributed by atoms with E-state index < -0.39 is 0 Å². The summed E-state index contributed by atoms with van der Waals surface area (Å²) in [5.74, 6) is 0. The molecular weight excluding hydrogens is 394 g/mol. The number of nitrogens with one attached hydrogen (secondary N) is 3. The first-order valence-corrected chi connectivity index (χ1v) is 9.54. The molecule has 8 nitrogen and oxygen atoms in total. The fraction of sp³-hybridized carbons (Fsp3) is 0.130. The summed E-state index contributed by atoms with van der Waals surface area (Å²) >= 11 is 0. The largest absolute Gasteiger partial charge is 0.472 e. The van der Waals surface area contributed by atoms with Crippen LogP contribution in [0.3, 0.4) is 0 Å². The maximum absolute atomic E-state index is 9.99.